The van der Waals surface area contributed by atoms with Gasteiger partial charge in [-0.05, 0) is 54.6 Å². The fourth-order valence-electron chi connectivity index (χ4n) is 5.45. The maximum absolute atomic E-state index is 5.00. The number of imidazole rings is 1. The Morgan fingerprint density at radius 3 is 2.15 bits per heavy atom. The average molecular weight is 435 g/mol. The van der Waals surface area contributed by atoms with Crippen molar-refractivity contribution >= 4 is 60.4 Å². The minimum Gasteiger partial charge on any atom is -0.309 e. The van der Waals surface area contributed by atoms with E-state index in [0.29, 0.717) is 0 Å². The predicted molar refractivity (Wildman–Crippen MR) is 138 cm³/mol. The molecule has 5 aromatic heterocycles. The van der Waals surface area contributed by atoms with Crippen LogP contribution in [0.15, 0.2) is 103 Å². The highest BCUT2D eigenvalue weighted by Crippen LogP contribution is 2.41. The van der Waals surface area contributed by atoms with Gasteiger partial charge < -0.3 is 4.57 Å². The molecule has 0 N–H and O–H groups in total. The van der Waals surface area contributed by atoms with Crippen LogP contribution in [0.1, 0.15) is 0 Å². The molecule has 158 valence electrons. The van der Waals surface area contributed by atoms with Crippen LogP contribution in [0, 0.1) is 0 Å². The van der Waals surface area contributed by atoms with Crippen LogP contribution < -0.4 is 0 Å². The van der Waals surface area contributed by atoms with Crippen molar-refractivity contribution in [1.29, 1.82) is 0 Å². The van der Waals surface area contributed by atoms with E-state index in [9.17, 15) is 0 Å². The lowest BCUT2D eigenvalue weighted by Gasteiger charge is -2.10. The zero-order chi connectivity index (χ0) is 22.2. The molecule has 0 fully saturated rings. The van der Waals surface area contributed by atoms with Crippen molar-refractivity contribution in [1.82, 2.24) is 23.9 Å². The number of nitrogens with zero attached hydrogens (tertiary/aromatic N) is 5. The summed E-state index contributed by atoms with van der Waals surface area (Å²) in [5, 5.41) is 5.81. The van der Waals surface area contributed by atoms with Crippen molar-refractivity contribution in [3.05, 3.63) is 103 Å². The third-order valence-electron chi connectivity index (χ3n) is 6.78. The lowest BCUT2D eigenvalue weighted by molar-refractivity contribution is 1.18. The molecule has 5 nitrogen and oxygen atoms in total. The molecule has 5 heteroatoms. The number of fused-ring (bicyclic) bond motifs is 12. The van der Waals surface area contributed by atoms with Crippen LogP contribution in [-0.2, 0) is 0 Å². The molecule has 34 heavy (non-hydrogen) atoms. The van der Waals surface area contributed by atoms with Crippen molar-refractivity contribution in [2.75, 3.05) is 0 Å². The maximum Gasteiger partial charge on any atom is 0.166 e. The second-order valence-electron chi connectivity index (χ2n) is 8.56. The highest BCUT2D eigenvalue weighted by molar-refractivity contribution is 6.30. The van der Waals surface area contributed by atoms with Gasteiger partial charge in [0.1, 0.15) is 16.8 Å². The van der Waals surface area contributed by atoms with Crippen molar-refractivity contribution in [2.24, 2.45) is 0 Å². The highest BCUT2D eigenvalue weighted by Gasteiger charge is 2.20. The highest BCUT2D eigenvalue weighted by atomic mass is 15.1. The van der Waals surface area contributed by atoms with Crippen molar-refractivity contribution < 1.29 is 0 Å². The number of aromatic nitrogens is 5. The predicted octanol–water partition coefficient (Wildman–Crippen LogP) is 6.68. The van der Waals surface area contributed by atoms with E-state index in [4.69, 9.17) is 9.97 Å². The van der Waals surface area contributed by atoms with Crippen LogP contribution in [0.25, 0.3) is 66.1 Å². The molecule has 0 unspecified atom stereocenters. The number of para-hydroxylation sites is 2. The van der Waals surface area contributed by atoms with Gasteiger partial charge in [-0.3, -0.25) is 4.40 Å². The van der Waals surface area contributed by atoms with E-state index in [1.807, 2.05) is 30.6 Å². The second-order valence-corrected chi connectivity index (χ2v) is 8.56. The fraction of sp³-hybridized carbons (Fsp3) is 0. The van der Waals surface area contributed by atoms with Crippen molar-refractivity contribution in [3.8, 4) is 5.69 Å². The molecule has 3 aromatic carbocycles. The molecule has 0 spiro atoms. The molecular formula is C29H17N5. The van der Waals surface area contributed by atoms with Crippen LogP contribution >= 0.6 is 0 Å². The molecule has 0 aliphatic rings. The molecule has 0 radical (unpaired) electrons. The number of rotatable bonds is 1. The van der Waals surface area contributed by atoms with Gasteiger partial charge in [-0.15, -0.1) is 0 Å². The summed E-state index contributed by atoms with van der Waals surface area (Å²) < 4.78 is 4.44. The second kappa shape index (κ2) is 6.39. The van der Waals surface area contributed by atoms with Gasteiger partial charge in [0.25, 0.3) is 0 Å². The topological polar surface area (TPSA) is 48.0 Å². The van der Waals surface area contributed by atoms with Crippen LogP contribution in [0.3, 0.4) is 0 Å². The molecule has 0 saturated heterocycles. The molecule has 0 aliphatic carbocycles. The average Bonchev–Trinajstić information content (AvgIpc) is 3.45. The Morgan fingerprint density at radius 1 is 0.500 bits per heavy atom. The lowest BCUT2D eigenvalue weighted by atomic mass is 10.0. The van der Waals surface area contributed by atoms with Crippen LogP contribution in [-0.4, -0.2) is 23.9 Å². The van der Waals surface area contributed by atoms with Gasteiger partial charge in [0.05, 0.1) is 11.0 Å². The van der Waals surface area contributed by atoms with Crippen LogP contribution in [0.2, 0.25) is 0 Å². The van der Waals surface area contributed by atoms with E-state index in [1.54, 1.807) is 0 Å². The Balaban J connectivity index is 1.70. The summed E-state index contributed by atoms with van der Waals surface area (Å²) in [5.74, 6) is 0. The molecule has 0 bridgehead atoms. The zero-order valence-corrected chi connectivity index (χ0v) is 18.1. The normalized spacial score (nSPS) is 12.1. The van der Waals surface area contributed by atoms with E-state index in [-0.39, 0.29) is 0 Å². The quantitative estimate of drug-likeness (QED) is 0.270. The third kappa shape index (κ3) is 2.16. The SMILES string of the molecule is c1ccc(-n2c3ccccc3c3c4c5cccnc5n5c6ncccc6nc5c4ccc32)cc1. The van der Waals surface area contributed by atoms with Crippen molar-refractivity contribution in [2.45, 2.75) is 0 Å². The van der Waals surface area contributed by atoms with Gasteiger partial charge in [-0.25, -0.2) is 15.0 Å². The van der Waals surface area contributed by atoms with Gasteiger partial charge >= 0.3 is 0 Å². The summed E-state index contributed by atoms with van der Waals surface area (Å²) in [6.45, 7) is 0. The summed E-state index contributed by atoms with van der Waals surface area (Å²) in [4.78, 5) is 14.4. The lowest BCUT2D eigenvalue weighted by Crippen LogP contribution is -1.96. The van der Waals surface area contributed by atoms with Gasteiger partial charge in [0, 0.05) is 45.0 Å². The summed E-state index contributed by atoms with van der Waals surface area (Å²) in [5.41, 5.74) is 6.95. The minimum absolute atomic E-state index is 0.829. The molecule has 0 aliphatic heterocycles. The smallest absolute Gasteiger partial charge is 0.166 e. The van der Waals surface area contributed by atoms with E-state index < -0.39 is 0 Å². The Kier molecular flexibility index (Phi) is 3.34. The first-order valence-electron chi connectivity index (χ1n) is 11.3. The van der Waals surface area contributed by atoms with E-state index in [0.717, 1.165) is 38.9 Å². The Hall–Kier alpha value is -4.77. The molecule has 8 aromatic rings. The summed E-state index contributed by atoms with van der Waals surface area (Å²) in [6.07, 6.45) is 3.65. The van der Waals surface area contributed by atoms with Gasteiger partial charge in [0.2, 0.25) is 0 Å². The molecule has 0 amide bonds. The Morgan fingerprint density at radius 2 is 1.24 bits per heavy atom. The van der Waals surface area contributed by atoms with Crippen molar-refractivity contribution in [3.63, 3.8) is 0 Å². The Labute approximate surface area is 193 Å². The van der Waals surface area contributed by atoms with E-state index in [1.165, 1.54) is 27.2 Å². The third-order valence-corrected chi connectivity index (χ3v) is 6.78. The molecule has 0 atom stereocenters. The summed E-state index contributed by atoms with van der Waals surface area (Å²) in [7, 11) is 0. The monoisotopic (exact) mass is 435 g/mol. The first-order valence-corrected chi connectivity index (χ1v) is 11.3. The molecule has 0 saturated carbocycles. The summed E-state index contributed by atoms with van der Waals surface area (Å²) >= 11 is 0. The Bertz CT molecular complexity index is 2070. The van der Waals surface area contributed by atoms with Crippen LogP contribution in [0.5, 0.6) is 0 Å². The summed E-state index contributed by atoms with van der Waals surface area (Å²) in [6, 6.07) is 31.7. The first-order chi connectivity index (χ1) is 16.9. The van der Waals surface area contributed by atoms with Gasteiger partial charge in [-0.2, -0.15) is 0 Å². The minimum atomic E-state index is 0.829. The fourth-order valence-corrected chi connectivity index (χ4v) is 5.45. The number of pyridine rings is 3. The van der Waals surface area contributed by atoms with E-state index >= 15 is 0 Å². The molecule has 8 rings (SSSR count). The zero-order valence-electron chi connectivity index (χ0n) is 18.1. The van der Waals surface area contributed by atoms with E-state index in [2.05, 4.69) is 86.7 Å². The first kappa shape index (κ1) is 17.7. The number of hydrogen-bond acceptors (Lipinski definition) is 3. The maximum atomic E-state index is 5.00. The standard InChI is InChI=1S/C29H17N5/c1-2-8-18(9-3-1)33-23-13-5-4-10-19(23)26-24(33)15-14-21-25(26)20-11-6-16-30-27(20)34-28(21)32-22-12-7-17-31-29(22)34/h1-17H. The number of hydrogen-bond donors (Lipinski definition) is 0. The molecule has 5 heterocycles. The largest absolute Gasteiger partial charge is 0.309 e. The van der Waals surface area contributed by atoms with Crippen LogP contribution in [0.4, 0.5) is 0 Å². The molecular weight excluding hydrogens is 418 g/mol. The van der Waals surface area contributed by atoms with Gasteiger partial charge in [-0.1, -0.05) is 36.4 Å². The number of benzene rings is 3. The van der Waals surface area contributed by atoms with Gasteiger partial charge in [0.15, 0.2) is 5.65 Å².